The third-order valence-corrected chi connectivity index (χ3v) is 4.20. The molecule has 0 aliphatic carbocycles. The molecule has 0 spiro atoms. The van der Waals surface area contributed by atoms with Gasteiger partial charge in [-0.05, 0) is 30.9 Å². The number of nitrogens with zero attached hydrogens (tertiary/aromatic N) is 1. The van der Waals surface area contributed by atoms with Crippen molar-refractivity contribution >= 4 is 17.7 Å². The predicted molar refractivity (Wildman–Crippen MR) is 83.6 cm³/mol. The lowest BCUT2D eigenvalue weighted by atomic mass is 9.83. The molecule has 6 heteroatoms. The van der Waals surface area contributed by atoms with Crippen molar-refractivity contribution in [1.82, 2.24) is 0 Å². The van der Waals surface area contributed by atoms with Gasteiger partial charge in [-0.1, -0.05) is 12.1 Å². The SMILES string of the molecule is COC(=O)C1=C(C)OC(N)=C(C#N)C1c1ccc(SC)cc1. The number of hydrogen-bond donors (Lipinski definition) is 1. The molecule has 0 aromatic heterocycles. The van der Waals surface area contributed by atoms with Crippen LogP contribution in [0, 0.1) is 11.3 Å². The Morgan fingerprint density at radius 3 is 2.55 bits per heavy atom. The van der Waals surface area contributed by atoms with E-state index in [2.05, 4.69) is 0 Å². The highest BCUT2D eigenvalue weighted by Crippen LogP contribution is 2.39. The lowest BCUT2D eigenvalue weighted by molar-refractivity contribution is -0.136. The predicted octanol–water partition coefficient (Wildman–Crippen LogP) is 2.66. The molecule has 5 nitrogen and oxygen atoms in total. The third-order valence-electron chi connectivity index (χ3n) is 3.46. The van der Waals surface area contributed by atoms with Crippen LogP contribution in [-0.4, -0.2) is 19.3 Å². The molecular weight excluding hydrogens is 300 g/mol. The van der Waals surface area contributed by atoms with E-state index in [-0.39, 0.29) is 11.5 Å². The number of nitriles is 1. The third kappa shape index (κ3) is 2.81. The Morgan fingerprint density at radius 1 is 1.41 bits per heavy atom. The van der Waals surface area contributed by atoms with Crippen LogP contribution in [0.15, 0.2) is 51.9 Å². The van der Waals surface area contributed by atoms with Gasteiger partial charge in [0.15, 0.2) is 0 Å². The fraction of sp³-hybridized carbons (Fsp3) is 0.250. The van der Waals surface area contributed by atoms with Crippen LogP contribution >= 0.6 is 11.8 Å². The number of ether oxygens (including phenoxy) is 2. The zero-order valence-electron chi connectivity index (χ0n) is 12.5. The zero-order chi connectivity index (χ0) is 16.3. The van der Waals surface area contributed by atoms with Crippen LogP contribution in [0.3, 0.4) is 0 Å². The number of nitrogens with two attached hydrogens (primary N) is 1. The first-order valence-corrected chi connectivity index (χ1v) is 7.76. The monoisotopic (exact) mass is 316 g/mol. The van der Waals surface area contributed by atoms with Gasteiger partial charge in [-0.3, -0.25) is 0 Å². The van der Waals surface area contributed by atoms with Crippen LogP contribution in [0.2, 0.25) is 0 Å². The topological polar surface area (TPSA) is 85.3 Å². The smallest absolute Gasteiger partial charge is 0.338 e. The molecular formula is C16H16N2O3S. The second-order valence-corrected chi connectivity index (χ2v) is 5.54. The number of rotatable bonds is 3. The number of benzene rings is 1. The van der Waals surface area contributed by atoms with Crippen LogP contribution < -0.4 is 5.73 Å². The van der Waals surface area contributed by atoms with Gasteiger partial charge in [-0.2, -0.15) is 5.26 Å². The van der Waals surface area contributed by atoms with Gasteiger partial charge < -0.3 is 15.2 Å². The Labute approximate surface area is 133 Å². The van der Waals surface area contributed by atoms with Crippen molar-refractivity contribution in [2.45, 2.75) is 17.7 Å². The highest BCUT2D eigenvalue weighted by molar-refractivity contribution is 7.98. The molecule has 0 fully saturated rings. The number of allylic oxidation sites excluding steroid dienone is 2. The largest absolute Gasteiger partial charge is 0.466 e. The molecule has 1 aliphatic heterocycles. The summed E-state index contributed by atoms with van der Waals surface area (Å²) in [5, 5.41) is 9.41. The van der Waals surface area contributed by atoms with Gasteiger partial charge >= 0.3 is 5.97 Å². The van der Waals surface area contributed by atoms with E-state index < -0.39 is 11.9 Å². The van der Waals surface area contributed by atoms with Gasteiger partial charge in [-0.25, -0.2) is 4.79 Å². The van der Waals surface area contributed by atoms with Crippen LogP contribution in [-0.2, 0) is 14.3 Å². The van der Waals surface area contributed by atoms with E-state index in [9.17, 15) is 10.1 Å². The maximum atomic E-state index is 12.1. The number of methoxy groups -OCH3 is 1. The molecule has 0 saturated carbocycles. The van der Waals surface area contributed by atoms with Gasteiger partial charge in [-0.15, -0.1) is 11.8 Å². The summed E-state index contributed by atoms with van der Waals surface area (Å²) in [6.45, 7) is 1.64. The maximum absolute atomic E-state index is 12.1. The standard InChI is InChI=1S/C16H16N2O3S/c1-9-13(16(19)20-2)14(12(8-17)15(18)21-9)10-4-6-11(22-3)7-5-10/h4-7,14H,18H2,1-3H3. The molecule has 0 amide bonds. The van der Waals surface area contributed by atoms with Gasteiger partial charge in [0, 0.05) is 4.90 Å². The minimum Gasteiger partial charge on any atom is -0.466 e. The summed E-state index contributed by atoms with van der Waals surface area (Å²) in [6, 6.07) is 9.67. The Morgan fingerprint density at radius 2 is 2.05 bits per heavy atom. The van der Waals surface area contributed by atoms with E-state index in [0.29, 0.717) is 11.3 Å². The lowest BCUT2D eigenvalue weighted by Gasteiger charge is -2.26. The van der Waals surface area contributed by atoms with Crippen molar-refractivity contribution in [2.24, 2.45) is 5.73 Å². The number of esters is 1. The van der Waals surface area contributed by atoms with Gasteiger partial charge in [0.25, 0.3) is 0 Å². The first kappa shape index (κ1) is 16.0. The molecule has 1 aromatic rings. The molecule has 2 N–H and O–H groups in total. The minimum atomic E-state index is -0.581. The van der Waals surface area contributed by atoms with Crippen molar-refractivity contribution in [3.05, 3.63) is 52.6 Å². The van der Waals surface area contributed by atoms with Gasteiger partial charge in [0.05, 0.1) is 18.6 Å². The average Bonchev–Trinajstić information content (AvgIpc) is 2.53. The fourth-order valence-electron chi connectivity index (χ4n) is 2.39. The van der Waals surface area contributed by atoms with Crippen LogP contribution in [0.25, 0.3) is 0 Å². The normalized spacial score (nSPS) is 17.8. The molecule has 0 radical (unpaired) electrons. The minimum absolute atomic E-state index is 0.0200. The van der Waals surface area contributed by atoms with Crippen molar-refractivity contribution in [2.75, 3.05) is 13.4 Å². The van der Waals surface area contributed by atoms with E-state index in [1.807, 2.05) is 36.6 Å². The second-order valence-electron chi connectivity index (χ2n) is 4.66. The zero-order valence-corrected chi connectivity index (χ0v) is 13.4. The van der Waals surface area contributed by atoms with Gasteiger partial charge in [0.1, 0.15) is 17.4 Å². The summed E-state index contributed by atoms with van der Waals surface area (Å²) in [4.78, 5) is 13.2. The number of carbonyl (C=O) groups is 1. The maximum Gasteiger partial charge on any atom is 0.338 e. The summed E-state index contributed by atoms with van der Waals surface area (Å²) in [7, 11) is 1.30. The summed E-state index contributed by atoms with van der Waals surface area (Å²) in [6.07, 6.45) is 1.98. The molecule has 1 heterocycles. The summed E-state index contributed by atoms with van der Waals surface area (Å²) in [5.74, 6) is -0.743. The molecule has 1 aliphatic rings. The van der Waals surface area contributed by atoms with Crippen molar-refractivity contribution in [3.63, 3.8) is 0 Å². The molecule has 114 valence electrons. The van der Waals surface area contributed by atoms with Crippen LogP contribution in [0.4, 0.5) is 0 Å². The lowest BCUT2D eigenvalue weighted by Crippen LogP contribution is -2.25. The Bertz CT molecular complexity index is 699. The van der Waals surface area contributed by atoms with Crippen molar-refractivity contribution in [3.8, 4) is 6.07 Å². The molecule has 22 heavy (non-hydrogen) atoms. The van der Waals surface area contributed by atoms with E-state index in [4.69, 9.17) is 15.2 Å². The summed E-state index contributed by atoms with van der Waals surface area (Å²) >= 11 is 1.61. The van der Waals surface area contributed by atoms with E-state index in [1.165, 1.54) is 7.11 Å². The Balaban J connectivity index is 2.59. The summed E-state index contributed by atoms with van der Waals surface area (Å²) in [5.41, 5.74) is 7.11. The van der Waals surface area contributed by atoms with Crippen molar-refractivity contribution < 1.29 is 14.3 Å². The van der Waals surface area contributed by atoms with E-state index in [0.717, 1.165) is 10.5 Å². The molecule has 1 aromatic carbocycles. The highest BCUT2D eigenvalue weighted by Gasteiger charge is 2.35. The molecule has 0 saturated heterocycles. The molecule has 0 bridgehead atoms. The number of thioether (sulfide) groups is 1. The quantitative estimate of drug-likeness (QED) is 0.681. The van der Waals surface area contributed by atoms with Crippen molar-refractivity contribution in [1.29, 1.82) is 5.26 Å². The second kappa shape index (κ2) is 6.58. The van der Waals surface area contributed by atoms with E-state index in [1.54, 1.807) is 18.7 Å². The number of carbonyl (C=O) groups excluding carboxylic acids is 1. The molecule has 1 unspecified atom stereocenters. The first-order chi connectivity index (χ1) is 10.5. The van der Waals surface area contributed by atoms with Gasteiger partial charge in [0.2, 0.25) is 5.88 Å². The highest BCUT2D eigenvalue weighted by atomic mass is 32.2. The fourth-order valence-corrected chi connectivity index (χ4v) is 2.79. The van der Waals surface area contributed by atoms with E-state index >= 15 is 0 Å². The first-order valence-electron chi connectivity index (χ1n) is 6.54. The summed E-state index contributed by atoms with van der Waals surface area (Å²) < 4.78 is 10.2. The molecule has 1 atom stereocenters. The number of hydrogen-bond acceptors (Lipinski definition) is 6. The average molecular weight is 316 g/mol. The Hall–Kier alpha value is -2.39. The Kier molecular flexibility index (Phi) is 4.78. The van der Waals surface area contributed by atoms with Crippen LogP contribution in [0.1, 0.15) is 18.4 Å². The van der Waals surface area contributed by atoms with Crippen LogP contribution in [0.5, 0.6) is 0 Å². The molecule has 2 rings (SSSR count).